The molecule has 1 N–H and O–H groups in total. The van der Waals surface area contributed by atoms with E-state index in [-0.39, 0.29) is 11.7 Å². The third kappa shape index (κ3) is 3.79. The van der Waals surface area contributed by atoms with Gasteiger partial charge in [-0.15, -0.1) is 0 Å². The van der Waals surface area contributed by atoms with E-state index in [2.05, 4.69) is 26.1 Å². The van der Waals surface area contributed by atoms with Gasteiger partial charge in [-0.1, -0.05) is 45.7 Å². The Kier molecular flexibility index (Phi) is 5.05. The van der Waals surface area contributed by atoms with E-state index in [1.165, 1.54) is 6.07 Å². The van der Waals surface area contributed by atoms with Crippen LogP contribution in [-0.2, 0) is 11.3 Å². The predicted molar refractivity (Wildman–Crippen MR) is 107 cm³/mol. The number of benzene rings is 2. The second-order valence-electron chi connectivity index (χ2n) is 6.93. The van der Waals surface area contributed by atoms with Crippen LogP contribution in [-0.4, -0.2) is 35.3 Å². The Morgan fingerprint density at radius 1 is 1.19 bits per heavy atom. The van der Waals surface area contributed by atoms with E-state index in [1.807, 2.05) is 24.3 Å². The Labute approximate surface area is 170 Å². The molecule has 4 nitrogen and oxygen atoms in total. The summed E-state index contributed by atoms with van der Waals surface area (Å²) in [5.74, 6) is -0.421. The normalized spacial score (nSPS) is 19.2. The second-order valence-corrected chi connectivity index (χ2v) is 8.25. The number of rotatable bonds is 3. The minimum absolute atomic E-state index is 0.136. The van der Waals surface area contributed by atoms with Crippen LogP contribution in [0.5, 0.6) is 0 Å². The smallest absolute Gasteiger partial charge is 0.272 e. The first-order valence-electron chi connectivity index (χ1n) is 8.79. The summed E-state index contributed by atoms with van der Waals surface area (Å²) >= 11 is 9.54. The molecule has 2 heterocycles. The molecule has 2 aromatic carbocycles. The zero-order valence-corrected chi connectivity index (χ0v) is 16.9. The molecule has 0 aromatic heterocycles. The number of nitrogens with one attached hydrogen (secondary N) is 1. The first kappa shape index (κ1) is 18.6. The van der Waals surface area contributed by atoms with Crippen LogP contribution < -0.4 is 5.32 Å². The lowest BCUT2D eigenvalue weighted by Crippen LogP contribution is -2.50. The molecule has 0 radical (unpaired) electrons. The number of piperidine rings is 1. The van der Waals surface area contributed by atoms with Crippen molar-refractivity contribution in [3.05, 3.63) is 68.9 Å². The van der Waals surface area contributed by atoms with E-state index >= 15 is 0 Å². The number of amides is 1. The fraction of sp³-hybridized carbons (Fsp3) is 0.300. The lowest BCUT2D eigenvalue weighted by atomic mass is 9.97. The van der Waals surface area contributed by atoms with Crippen LogP contribution in [0.1, 0.15) is 24.0 Å². The van der Waals surface area contributed by atoms with Gasteiger partial charge in [0.25, 0.3) is 5.91 Å². The predicted octanol–water partition coefficient (Wildman–Crippen LogP) is 4.15. The van der Waals surface area contributed by atoms with Crippen molar-refractivity contribution in [2.75, 3.05) is 13.1 Å². The van der Waals surface area contributed by atoms with Crippen molar-refractivity contribution < 1.29 is 9.18 Å². The molecule has 0 aliphatic carbocycles. The molecule has 27 heavy (non-hydrogen) atoms. The van der Waals surface area contributed by atoms with Crippen LogP contribution in [0.3, 0.4) is 0 Å². The molecule has 2 aliphatic heterocycles. The number of hydrogen-bond acceptors (Lipinski definition) is 3. The lowest BCUT2D eigenvalue weighted by Gasteiger charge is -2.37. The molecule has 1 saturated heterocycles. The summed E-state index contributed by atoms with van der Waals surface area (Å²) in [4.78, 5) is 19.4. The van der Waals surface area contributed by atoms with Crippen molar-refractivity contribution in [2.24, 2.45) is 4.99 Å². The van der Waals surface area contributed by atoms with Gasteiger partial charge < -0.3 is 5.32 Å². The Morgan fingerprint density at radius 2 is 1.89 bits per heavy atom. The molecule has 2 aliphatic rings. The highest BCUT2D eigenvalue weighted by Crippen LogP contribution is 2.31. The molecule has 1 spiro atoms. The summed E-state index contributed by atoms with van der Waals surface area (Å²) < 4.78 is 15.0. The van der Waals surface area contributed by atoms with E-state index in [9.17, 15) is 9.18 Å². The van der Waals surface area contributed by atoms with Crippen molar-refractivity contribution in [1.82, 2.24) is 10.2 Å². The molecule has 1 amide bonds. The maximum atomic E-state index is 14.0. The zero-order valence-electron chi connectivity index (χ0n) is 14.5. The number of hydrogen-bond donors (Lipinski definition) is 1. The van der Waals surface area contributed by atoms with Gasteiger partial charge in [-0.3, -0.25) is 14.7 Å². The van der Waals surface area contributed by atoms with Gasteiger partial charge in [0, 0.05) is 53.1 Å². The standard InChI is InChI=1S/C20H18BrClFN3O/c21-14-6-4-13(5-7-14)18-19(27)25-20(24-18)8-10-26(11-9-20)12-15-16(22)2-1-3-17(15)23/h1-7H,8-12H2,(H,25,27). The monoisotopic (exact) mass is 449 g/mol. The van der Waals surface area contributed by atoms with Crippen molar-refractivity contribution in [1.29, 1.82) is 0 Å². The Bertz CT molecular complexity index is 888. The summed E-state index contributed by atoms with van der Waals surface area (Å²) in [7, 11) is 0. The summed E-state index contributed by atoms with van der Waals surface area (Å²) in [6.07, 6.45) is 1.37. The van der Waals surface area contributed by atoms with Crippen molar-refractivity contribution in [3.8, 4) is 0 Å². The van der Waals surface area contributed by atoms with Gasteiger partial charge in [-0.05, 0) is 24.3 Å². The Morgan fingerprint density at radius 3 is 2.56 bits per heavy atom. The molecule has 0 atom stereocenters. The number of halogens is 3. The molecule has 0 bridgehead atoms. The first-order valence-corrected chi connectivity index (χ1v) is 9.96. The third-order valence-corrected chi connectivity index (χ3v) is 6.01. The molecule has 0 saturated carbocycles. The molecule has 140 valence electrons. The average Bonchev–Trinajstić information content (AvgIpc) is 2.97. The quantitative estimate of drug-likeness (QED) is 0.763. The van der Waals surface area contributed by atoms with E-state index in [1.54, 1.807) is 12.1 Å². The SMILES string of the molecule is O=C1NC2(CCN(Cc3c(F)cccc3Cl)CC2)N=C1c1ccc(Br)cc1. The van der Waals surface area contributed by atoms with Gasteiger partial charge in [0.05, 0.1) is 0 Å². The number of carbonyl (C=O) groups excluding carboxylic acids is 1. The highest BCUT2D eigenvalue weighted by molar-refractivity contribution is 9.10. The van der Waals surface area contributed by atoms with Gasteiger partial charge in [-0.25, -0.2) is 4.39 Å². The van der Waals surface area contributed by atoms with Crippen molar-refractivity contribution in [2.45, 2.75) is 25.0 Å². The zero-order chi connectivity index (χ0) is 19.0. The Balaban J connectivity index is 1.47. The highest BCUT2D eigenvalue weighted by atomic mass is 79.9. The number of nitrogens with zero attached hydrogens (tertiary/aromatic N) is 2. The maximum Gasteiger partial charge on any atom is 0.272 e. The van der Waals surface area contributed by atoms with Crippen LogP contribution in [0.4, 0.5) is 4.39 Å². The van der Waals surface area contributed by atoms with Gasteiger partial charge in [0.1, 0.15) is 17.2 Å². The number of aliphatic imine (C=N–C) groups is 1. The number of likely N-dealkylation sites (tertiary alicyclic amines) is 1. The molecule has 4 rings (SSSR count). The van der Waals surface area contributed by atoms with Crippen molar-refractivity contribution >= 4 is 39.1 Å². The van der Waals surface area contributed by atoms with E-state index in [0.717, 1.165) is 10.0 Å². The summed E-state index contributed by atoms with van der Waals surface area (Å²) in [6, 6.07) is 12.3. The Hall–Kier alpha value is -1.76. The summed E-state index contributed by atoms with van der Waals surface area (Å²) in [5.41, 5.74) is 1.25. The van der Waals surface area contributed by atoms with Crippen LogP contribution >= 0.6 is 27.5 Å². The minimum atomic E-state index is -0.560. The van der Waals surface area contributed by atoms with Crippen molar-refractivity contribution in [3.63, 3.8) is 0 Å². The van der Waals surface area contributed by atoms with E-state index < -0.39 is 5.66 Å². The van der Waals surface area contributed by atoms with Crippen LogP contribution in [0.25, 0.3) is 0 Å². The molecule has 1 fully saturated rings. The fourth-order valence-corrected chi connectivity index (χ4v) is 4.08. The van der Waals surface area contributed by atoms with Gasteiger partial charge in [0.2, 0.25) is 0 Å². The van der Waals surface area contributed by atoms with Gasteiger partial charge in [0.15, 0.2) is 0 Å². The third-order valence-electron chi connectivity index (χ3n) is 5.13. The van der Waals surface area contributed by atoms with Crippen LogP contribution in [0.2, 0.25) is 5.02 Å². The minimum Gasteiger partial charge on any atom is -0.326 e. The number of carbonyl (C=O) groups is 1. The molecule has 2 aromatic rings. The first-order chi connectivity index (χ1) is 13.0. The van der Waals surface area contributed by atoms with E-state index in [4.69, 9.17) is 16.6 Å². The largest absolute Gasteiger partial charge is 0.326 e. The highest BCUT2D eigenvalue weighted by Gasteiger charge is 2.42. The van der Waals surface area contributed by atoms with Gasteiger partial charge in [-0.2, -0.15) is 0 Å². The average molecular weight is 451 g/mol. The fourth-order valence-electron chi connectivity index (χ4n) is 3.59. The summed E-state index contributed by atoms with van der Waals surface area (Å²) in [5, 5.41) is 3.50. The molecule has 7 heteroatoms. The second kappa shape index (κ2) is 7.34. The van der Waals surface area contributed by atoms with Crippen LogP contribution in [0.15, 0.2) is 51.9 Å². The van der Waals surface area contributed by atoms with E-state index in [0.29, 0.717) is 48.8 Å². The topological polar surface area (TPSA) is 44.7 Å². The van der Waals surface area contributed by atoms with Gasteiger partial charge >= 0.3 is 0 Å². The van der Waals surface area contributed by atoms with Crippen LogP contribution in [0, 0.1) is 5.82 Å². The molecule has 0 unspecified atom stereocenters. The summed E-state index contributed by atoms with van der Waals surface area (Å²) in [6.45, 7) is 1.88. The molecular formula is C20H18BrClFN3O. The lowest BCUT2D eigenvalue weighted by molar-refractivity contribution is -0.115. The molecular weight excluding hydrogens is 433 g/mol. The maximum absolute atomic E-state index is 14.0.